The number of hydrogen-bond acceptors (Lipinski definition) is 4. The van der Waals surface area contributed by atoms with Gasteiger partial charge < -0.3 is 14.8 Å². The maximum Gasteiger partial charge on any atom is 0.325 e. The maximum absolute atomic E-state index is 13.2. The molecule has 3 fully saturated rings. The number of nitrogens with zero attached hydrogens (tertiary/aromatic N) is 1. The quantitative estimate of drug-likeness (QED) is 0.788. The first kappa shape index (κ1) is 19.2. The summed E-state index contributed by atoms with van der Waals surface area (Å²) in [5, 5.41) is 3.03. The molecule has 1 aliphatic carbocycles. The Morgan fingerprint density at radius 3 is 2.89 bits per heavy atom. The molecular weight excluding hydrogens is 356 g/mol. The van der Waals surface area contributed by atoms with Crippen molar-refractivity contribution in [2.24, 2.45) is 11.8 Å². The van der Waals surface area contributed by atoms with Crippen LogP contribution in [0.4, 0.5) is 4.79 Å². The zero-order valence-corrected chi connectivity index (χ0v) is 16.8. The van der Waals surface area contributed by atoms with Crippen LogP contribution in [0.2, 0.25) is 0 Å². The largest absolute Gasteiger partial charge is 0.493 e. The highest BCUT2D eigenvalue weighted by molar-refractivity contribution is 6.07. The van der Waals surface area contributed by atoms with E-state index in [0.717, 1.165) is 62.2 Å². The van der Waals surface area contributed by atoms with Crippen molar-refractivity contribution < 1.29 is 19.1 Å². The lowest BCUT2D eigenvalue weighted by Crippen LogP contribution is -2.53. The predicted octanol–water partition coefficient (Wildman–Crippen LogP) is 3.41. The number of amides is 3. The summed E-state index contributed by atoms with van der Waals surface area (Å²) in [6.45, 7) is 6.45. The van der Waals surface area contributed by atoms with Crippen LogP contribution in [0.25, 0.3) is 0 Å². The SMILES string of the molecule is Cc1ccc(CN2C(=O)N[C@]3(CCCC[C@@H]3C)C2=O)c(OC[C@@H]2CCOC2)c1. The molecule has 3 aliphatic rings. The minimum Gasteiger partial charge on any atom is -0.493 e. The Kier molecular flexibility index (Phi) is 5.32. The third-order valence-electron chi connectivity index (χ3n) is 6.55. The van der Waals surface area contributed by atoms with Crippen molar-refractivity contribution >= 4 is 11.9 Å². The van der Waals surface area contributed by atoms with Gasteiger partial charge >= 0.3 is 6.03 Å². The lowest BCUT2D eigenvalue weighted by Gasteiger charge is -2.36. The summed E-state index contributed by atoms with van der Waals surface area (Å²) in [6.07, 6.45) is 4.81. The molecule has 2 heterocycles. The topological polar surface area (TPSA) is 67.9 Å². The van der Waals surface area contributed by atoms with Crippen LogP contribution in [0.3, 0.4) is 0 Å². The second kappa shape index (κ2) is 7.74. The maximum atomic E-state index is 13.2. The van der Waals surface area contributed by atoms with Crippen LogP contribution < -0.4 is 10.1 Å². The molecule has 4 rings (SSSR count). The van der Waals surface area contributed by atoms with Gasteiger partial charge in [-0.25, -0.2) is 4.79 Å². The Labute approximate surface area is 166 Å². The summed E-state index contributed by atoms with van der Waals surface area (Å²) < 4.78 is 11.5. The number of urea groups is 1. The van der Waals surface area contributed by atoms with Gasteiger partial charge in [-0.3, -0.25) is 9.69 Å². The van der Waals surface area contributed by atoms with E-state index in [-0.39, 0.29) is 24.4 Å². The van der Waals surface area contributed by atoms with Gasteiger partial charge in [0, 0.05) is 18.1 Å². The molecule has 2 saturated heterocycles. The molecule has 0 bridgehead atoms. The molecule has 6 heteroatoms. The number of carbonyl (C=O) groups is 2. The number of ether oxygens (including phenoxy) is 2. The van der Waals surface area contributed by atoms with Crippen LogP contribution in [-0.2, 0) is 16.1 Å². The number of nitrogens with one attached hydrogen (secondary N) is 1. The van der Waals surface area contributed by atoms with Gasteiger partial charge in [0.05, 0.1) is 19.8 Å². The Balaban J connectivity index is 1.51. The number of imide groups is 1. The standard InChI is InChI=1S/C22H30N2O4/c1-15-6-7-18(19(11-15)28-14-17-8-10-27-13-17)12-24-20(25)22(23-21(24)26)9-4-3-5-16(22)2/h6-7,11,16-17H,3-5,8-10,12-14H2,1-2H3,(H,23,26)/t16-,17+,22-/m0/s1. The fourth-order valence-electron chi connectivity index (χ4n) is 4.66. The lowest BCUT2D eigenvalue weighted by molar-refractivity contribution is -0.134. The zero-order chi connectivity index (χ0) is 19.7. The number of aryl methyl sites for hydroxylation is 1. The fourth-order valence-corrected chi connectivity index (χ4v) is 4.66. The molecule has 3 atom stereocenters. The van der Waals surface area contributed by atoms with E-state index in [4.69, 9.17) is 9.47 Å². The van der Waals surface area contributed by atoms with Crippen LogP contribution >= 0.6 is 0 Å². The van der Waals surface area contributed by atoms with Crippen molar-refractivity contribution in [3.05, 3.63) is 29.3 Å². The van der Waals surface area contributed by atoms with Crippen LogP contribution in [0.5, 0.6) is 5.75 Å². The third-order valence-corrected chi connectivity index (χ3v) is 6.55. The Morgan fingerprint density at radius 2 is 2.14 bits per heavy atom. The number of benzene rings is 1. The minimum absolute atomic E-state index is 0.0829. The van der Waals surface area contributed by atoms with Crippen molar-refractivity contribution in [1.29, 1.82) is 0 Å². The Morgan fingerprint density at radius 1 is 1.29 bits per heavy atom. The van der Waals surface area contributed by atoms with Gasteiger partial charge in [0.15, 0.2) is 0 Å². The number of rotatable bonds is 5. The number of carbonyl (C=O) groups excluding carboxylic acids is 2. The highest BCUT2D eigenvalue weighted by Gasteiger charge is 2.54. The van der Waals surface area contributed by atoms with Gasteiger partial charge in [0.1, 0.15) is 11.3 Å². The minimum atomic E-state index is -0.720. The van der Waals surface area contributed by atoms with Crippen molar-refractivity contribution in [2.75, 3.05) is 19.8 Å². The first-order chi connectivity index (χ1) is 13.5. The summed E-state index contributed by atoms with van der Waals surface area (Å²) in [5.74, 6) is 1.24. The van der Waals surface area contributed by atoms with Crippen molar-refractivity contribution in [3.8, 4) is 5.75 Å². The van der Waals surface area contributed by atoms with E-state index in [1.54, 1.807) is 0 Å². The molecule has 0 aromatic heterocycles. The molecule has 0 radical (unpaired) electrons. The highest BCUT2D eigenvalue weighted by atomic mass is 16.5. The molecule has 1 saturated carbocycles. The van der Waals surface area contributed by atoms with E-state index in [1.807, 2.05) is 25.1 Å². The molecule has 1 spiro atoms. The van der Waals surface area contributed by atoms with E-state index < -0.39 is 5.54 Å². The van der Waals surface area contributed by atoms with Crippen LogP contribution in [-0.4, -0.2) is 42.2 Å². The van der Waals surface area contributed by atoms with Crippen molar-refractivity contribution in [3.63, 3.8) is 0 Å². The van der Waals surface area contributed by atoms with E-state index >= 15 is 0 Å². The molecular formula is C22H30N2O4. The second-order valence-corrected chi connectivity index (χ2v) is 8.59. The molecule has 2 aliphatic heterocycles. The average Bonchev–Trinajstić information content (AvgIpc) is 3.27. The van der Waals surface area contributed by atoms with Gasteiger partial charge in [-0.05, 0) is 43.7 Å². The van der Waals surface area contributed by atoms with Crippen LogP contribution in [0.1, 0.15) is 50.2 Å². The summed E-state index contributed by atoms with van der Waals surface area (Å²) in [5.41, 5.74) is 1.24. The van der Waals surface area contributed by atoms with Crippen LogP contribution in [0.15, 0.2) is 18.2 Å². The molecule has 1 N–H and O–H groups in total. The summed E-state index contributed by atoms with van der Waals surface area (Å²) in [4.78, 5) is 27.3. The molecule has 1 aromatic rings. The van der Waals surface area contributed by atoms with Gasteiger partial charge in [-0.15, -0.1) is 0 Å². The Hall–Kier alpha value is -2.08. The molecule has 28 heavy (non-hydrogen) atoms. The summed E-state index contributed by atoms with van der Waals surface area (Å²) >= 11 is 0. The Bertz CT molecular complexity index is 759. The van der Waals surface area contributed by atoms with Crippen molar-refractivity contribution in [1.82, 2.24) is 10.2 Å². The smallest absolute Gasteiger partial charge is 0.325 e. The van der Waals surface area contributed by atoms with Gasteiger partial charge in [-0.1, -0.05) is 31.9 Å². The lowest BCUT2D eigenvalue weighted by atomic mass is 9.73. The first-order valence-corrected chi connectivity index (χ1v) is 10.4. The van der Waals surface area contributed by atoms with E-state index in [1.165, 1.54) is 4.90 Å². The van der Waals surface area contributed by atoms with E-state index in [9.17, 15) is 9.59 Å². The highest BCUT2D eigenvalue weighted by Crippen LogP contribution is 2.39. The molecule has 6 nitrogen and oxygen atoms in total. The predicted molar refractivity (Wildman–Crippen MR) is 105 cm³/mol. The van der Waals surface area contributed by atoms with Crippen molar-refractivity contribution in [2.45, 2.75) is 58.0 Å². The fraction of sp³-hybridized carbons (Fsp3) is 0.636. The normalized spacial score (nSPS) is 30.1. The summed E-state index contributed by atoms with van der Waals surface area (Å²) in [7, 11) is 0. The van der Waals surface area contributed by atoms with Gasteiger partial charge in [-0.2, -0.15) is 0 Å². The second-order valence-electron chi connectivity index (χ2n) is 8.59. The third kappa shape index (κ3) is 3.50. The van der Waals surface area contributed by atoms with E-state index in [2.05, 4.69) is 12.2 Å². The molecule has 3 amide bonds. The molecule has 0 unspecified atom stereocenters. The molecule has 152 valence electrons. The summed E-state index contributed by atoms with van der Waals surface area (Å²) in [6, 6.07) is 5.67. The molecule has 1 aromatic carbocycles. The van der Waals surface area contributed by atoms with Crippen LogP contribution in [0, 0.1) is 18.8 Å². The van der Waals surface area contributed by atoms with Gasteiger partial charge in [0.2, 0.25) is 0 Å². The van der Waals surface area contributed by atoms with Gasteiger partial charge in [0.25, 0.3) is 5.91 Å². The monoisotopic (exact) mass is 386 g/mol. The zero-order valence-electron chi connectivity index (χ0n) is 16.8. The first-order valence-electron chi connectivity index (χ1n) is 10.4. The van der Waals surface area contributed by atoms with E-state index in [0.29, 0.717) is 12.5 Å². The average molecular weight is 386 g/mol. The number of hydrogen-bond donors (Lipinski definition) is 1.